The van der Waals surface area contributed by atoms with Gasteiger partial charge in [0.05, 0.1) is 18.6 Å². The molecule has 0 radical (unpaired) electrons. The number of sulfone groups is 1. The minimum absolute atomic E-state index is 0. The molecule has 0 amide bonds. The summed E-state index contributed by atoms with van der Waals surface area (Å²) >= 11 is 0. The first-order valence-corrected chi connectivity index (χ1v) is 11.9. The van der Waals surface area contributed by atoms with Gasteiger partial charge in [-0.25, -0.2) is 13.4 Å². The van der Waals surface area contributed by atoms with Crippen molar-refractivity contribution in [2.75, 3.05) is 26.5 Å². The van der Waals surface area contributed by atoms with Gasteiger partial charge in [0, 0.05) is 24.8 Å². The molecule has 0 aliphatic heterocycles. The Labute approximate surface area is 203 Å². The van der Waals surface area contributed by atoms with Gasteiger partial charge in [-0.05, 0) is 48.7 Å². The number of hydrogen-bond donors (Lipinski definition) is 2. The van der Waals surface area contributed by atoms with E-state index in [1.54, 1.807) is 13.2 Å². The molecule has 0 aromatic heterocycles. The quantitative estimate of drug-likeness (QED) is 0.290. The van der Waals surface area contributed by atoms with Crippen molar-refractivity contribution in [3.8, 4) is 5.75 Å². The average Bonchev–Trinajstić information content (AvgIpc) is 2.69. The van der Waals surface area contributed by atoms with Gasteiger partial charge in [-0.15, -0.1) is 24.0 Å². The Bertz CT molecular complexity index is 988. The maximum absolute atomic E-state index is 11.8. The van der Waals surface area contributed by atoms with Crippen LogP contribution in [0.3, 0.4) is 0 Å². The molecule has 31 heavy (non-hydrogen) atoms. The van der Waals surface area contributed by atoms with Crippen molar-refractivity contribution >= 4 is 39.8 Å². The maximum atomic E-state index is 11.8. The Morgan fingerprint density at radius 2 is 1.74 bits per heavy atom. The van der Waals surface area contributed by atoms with E-state index in [0.717, 1.165) is 29.4 Å². The number of guanidine groups is 1. The number of aliphatic imine (C=N–C) groups is 1. The lowest BCUT2D eigenvalue weighted by atomic mass is 9.84. The molecule has 0 fully saturated rings. The average molecular weight is 560 g/mol. The summed E-state index contributed by atoms with van der Waals surface area (Å²) < 4.78 is 28.8. The summed E-state index contributed by atoms with van der Waals surface area (Å²) in [6, 6.07) is 13.5. The van der Waals surface area contributed by atoms with Gasteiger partial charge in [0.15, 0.2) is 15.8 Å². The predicted molar refractivity (Wildman–Crippen MR) is 139 cm³/mol. The van der Waals surface area contributed by atoms with Crippen molar-refractivity contribution in [1.82, 2.24) is 10.6 Å². The monoisotopic (exact) mass is 559 g/mol. The molecule has 2 N–H and O–H groups in total. The van der Waals surface area contributed by atoms with Crippen LogP contribution in [0.5, 0.6) is 5.75 Å². The fourth-order valence-electron chi connectivity index (χ4n) is 3.19. The van der Waals surface area contributed by atoms with E-state index in [-0.39, 0.29) is 29.4 Å². The number of nitrogens with zero attached hydrogens (tertiary/aromatic N) is 1. The normalized spacial score (nSPS) is 12.1. The maximum Gasteiger partial charge on any atom is 0.191 e. The fourth-order valence-corrected chi connectivity index (χ4v) is 4.15. The molecule has 0 spiro atoms. The van der Waals surface area contributed by atoms with Crippen molar-refractivity contribution in [3.05, 3.63) is 59.2 Å². The molecule has 172 valence electrons. The van der Waals surface area contributed by atoms with Crippen LogP contribution >= 0.6 is 24.0 Å². The minimum Gasteiger partial charge on any atom is -0.497 e. The zero-order chi connectivity index (χ0) is 22.4. The number of rotatable bonds is 8. The molecule has 8 heteroatoms. The minimum atomic E-state index is -3.21. The number of methoxy groups -OCH3 is 1. The summed E-state index contributed by atoms with van der Waals surface area (Å²) in [5.41, 5.74) is 2.81. The summed E-state index contributed by atoms with van der Waals surface area (Å²) in [4.78, 5) is 5.03. The molecule has 0 atom stereocenters. The van der Waals surface area contributed by atoms with E-state index >= 15 is 0 Å². The van der Waals surface area contributed by atoms with Gasteiger partial charge < -0.3 is 15.4 Å². The van der Waals surface area contributed by atoms with Crippen LogP contribution in [0.1, 0.15) is 37.5 Å². The molecule has 0 aliphatic carbocycles. The Morgan fingerprint density at radius 3 is 2.26 bits per heavy atom. The van der Waals surface area contributed by atoms with Crippen LogP contribution in [0.15, 0.2) is 52.4 Å². The lowest BCUT2D eigenvalue weighted by molar-refractivity contribution is 0.414. The van der Waals surface area contributed by atoms with Crippen molar-refractivity contribution in [2.45, 2.75) is 44.6 Å². The number of nitrogens with one attached hydrogen (secondary N) is 2. The van der Waals surface area contributed by atoms with E-state index < -0.39 is 9.84 Å². The second-order valence-corrected chi connectivity index (χ2v) is 10.0. The zero-order valence-corrected chi connectivity index (χ0v) is 22.3. The molecule has 0 bridgehead atoms. The second-order valence-electron chi connectivity index (χ2n) is 8.03. The second kappa shape index (κ2) is 11.7. The number of aryl methyl sites for hydroxylation is 1. The van der Waals surface area contributed by atoms with E-state index in [1.807, 2.05) is 38.1 Å². The van der Waals surface area contributed by atoms with Crippen LogP contribution in [0.4, 0.5) is 0 Å². The smallest absolute Gasteiger partial charge is 0.191 e. The van der Waals surface area contributed by atoms with E-state index in [4.69, 9.17) is 4.74 Å². The molecule has 6 nitrogen and oxygen atoms in total. The highest BCUT2D eigenvalue weighted by Gasteiger charge is 2.21. The molecule has 0 saturated carbocycles. The summed E-state index contributed by atoms with van der Waals surface area (Å²) in [6.45, 7) is 10.1. The van der Waals surface area contributed by atoms with E-state index in [0.29, 0.717) is 18.0 Å². The van der Waals surface area contributed by atoms with Crippen molar-refractivity contribution in [1.29, 1.82) is 0 Å². The molecule has 0 saturated heterocycles. The lowest BCUT2D eigenvalue weighted by Gasteiger charge is -2.27. The van der Waals surface area contributed by atoms with E-state index in [9.17, 15) is 8.42 Å². The van der Waals surface area contributed by atoms with E-state index in [1.165, 1.54) is 11.8 Å². The SMILES string of the molecule is CCNC(=NCc1ccc(S(C)(=O)=O)c(C)c1)NCC(C)(C)c1ccc(OC)cc1.I. The highest BCUT2D eigenvalue weighted by atomic mass is 127. The number of halogens is 1. The highest BCUT2D eigenvalue weighted by Crippen LogP contribution is 2.24. The number of ether oxygens (including phenoxy) is 1. The van der Waals surface area contributed by atoms with Crippen LogP contribution in [-0.4, -0.2) is 40.8 Å². The lowest BCUT2D eigenvalue weighted by Crippen LogP contribution is -2.43. The molecule has 0 unspecified atom stereocenters. The third kappa shape index (κ3) is 7.99. The molecule has 0 aliphatic rings. The van der Waals surface area contributed by atoms with Gasteiger partial charge in [0.25, 0.3) is 0 Å². The van der Waals surface area contributed by atoms with Gasteiger partial charge in [-0.1, -0.05) is 38.1 Å². The third-order valence-electron chi connectivity index (χ3n) is 4.97. The largest absolute Gasteiger partial charge is 0.497 e. The van der Waals surface area contributed by atoms with Crippen LogP contribution in [0, 0.1) is 6.92 Å². The van der Waals surface area contributed by atoms with Gasteiger partial charge in [0.2, 0.25) is 0 Å². The molecule has 2 aromatic carbocycles. The fraction of sp³-hybridized carbons (Fsp3) is 0.435. The molecular weight excluding hydrogens is 525 g/mol. The summed E-state index contributed by atoms with van der Waals surface area (Å²) in [7, 11) is -1.55. The van der Waals surface area contributed by atoms with Gasteiger partial charge in [-0.3, -0.25) is 0 Å². The van der Waals surface area contributed by atoms with Gasteiger partial charge in [-0.2, -0.15) is 0 Å². The predicted octanol–water partition coefficient (Wildman–Crippen LogP) is 4.06. The van der Waals surface area contributed by atoms with Crippen molar-refractivity contribution < 1.29 is 13.2 Å². The van der Waals surface area contributed by atoms with E-state index in [2.05, 4.69) is 41.6 Å². The summed E-state index contributed by atoms with van der Waals surface area (Å²) in [5.74, 6) is 1.57. The third-order valence-corrected chi connectivity index (χ3v) is 6.23. The van der Waals surface area contributed by atoms with Crippen molar-refractivity contribution in [3.63, 3.8) is 0 Å². The number of hydrogen-bond acceptors (Lipinski definition) is 4. The van der Waals surface area contributed by atoms with Crippen LogP contribution in [-0.2, 0) is 21.8 Å². The summed E-state index contributed by atoms with van der Waals surface area (Å²) in [6.07, 6.45) is 1.23. The first kappa shape index (κ1) is 27.2. The molecule has 2 rings (SSSR count). The molecule has 2 aromatic rings. The Balaban J connectivity index is 0.00000480. The Kier molecular flexibility index (Phi) is 10.3. The molecular formula is C23H34IN3O3S. The van der Waals surface area contributed by atoms with Gasteiger partial charge in [0.1, 0.15) is 5.75 Å². The highest BCUT2D eigenvalue weighted by molar-refractivity contribution is 14.0. The molecule has 0 heterocycles. The first-order valence-electron chi connectivity index (χ1n) is 10.0. The summed E-state index contributed by atoms with van der Waals surface area (Å²) in [5, 5.41) is 6.69. The van der Waals surface area contributed by atoms with Crippen molar-refractivity contribution in [2.24, 2.45) is 4.99 Å². The van der Waals surface area contributed by atoms with Crippen LogP contribution in [0.25, 0.3) is 0 Å². The topological polar surface area (TPSA) is 79.8 Å². The number of benzene rings is 2. The van der Waals surface area contributed by atoms with Crippen LogP contribution in [0.2, 0.25) is 0 Å². The zero-order valence-electron chi connectivity index (χ0n) is 19.2. The van der Waals surface area contributed by atoms with Gasteiger partial charge >= 0.3 is 0 Å². The van der Waals surface area contributed by atoms with Crippen LogP contribution < -0.4 is 15.4 Å². The Morgan fingerprint density at radius 1 is 1.10 bits per heavy atom. The standard InChI is InChI=1S/C23H33N3O3S.HI/c1-7-24-22(25-15-18-8-13-21(17(2)14-18)30(6,27)28)26-16-23(3,4)19-9-11-20(29-5)12-10-19;/h8-14H,7,15-16H2,1-6H3,(H2,24,25,26);1H. The Hall–Kier alpha value is -1.81. The first-order chi connectivity index (χ1) is 14.1.